The first-order valence-corrected chi connectivity index (χ1v) is 15.5. The topological polar surface area (TPSA) is 13.0 Å². The Labute approximate surface area is 215 Å². The van der Waals surface area contributed by atoms with Crippen molar-refractivity contribution in [2.45, 2.75) is 55.4 Å². The second-order valence-electron chi connectivity index (χ2n) is 4.69. The molecule has 0 aliphatic carbocycles. The van der Waals surface area contributed by atoms with Crippen LogP contribution in [0.2, 0.25) is 0 Å². The molecule has 0 fully saturated rings. The molecule has 0 heterocycles. The van der Waals surface area contributed by atoms with Crippen molar-refractivity contribution in [1.82, 2.24) is 11.6 Å². The molecule has 0 radical (unpaired) electrons. The zero-order valence-corrected chi connectivity index (χ0v) is 31.8. The zero-order valence-electron chi connectivity index (χ0n) is 17.4. The van der Waals surface area contributed by atoms with Crippen LogP contribution >= 0.6 is 0 Å². The maximum atomic E-state index is 2.39. The predicted molar refractivity (Wildman–Crippen MR) is 91.7 cm³/mol. The van der Waals surface area contributed by atoms with Gasteiger partial charge in [0.05, 0.1) is 0 Å². The van der Waals surface area contributed by atoms with Crippen LogP contribution in [0, 0.1) is 0 Å². The summed E-state index contributed by atoms with van der Waals surface area (Å²) in [6.07, 6.45) is 0. The molecule has 0 atom stereocenters. The van der Waals surface area contributed by atoms with Gasteiger partial charge in [0.25, 0.3) is 0 Å². The number of nitrogens with zero attached hydrogens (tertiary/aromatic N) is 4. The van der Waals surface area contributed by atoms with E-state index in [9.17, 15) is 0 Å². The molecule has 0 saturated carbocycles. The Kier molecular flexibility index (Phi) is 45.0. The maximum absolute atomic E-state index is 2.39. The van der Waals surface area contributed by atoms with Gasteiger partial charge >= 0.3 is 218 Å². The molecule has 0 rings (SSSR count). The van der Waals surface area contributed by atoms with E-state index in [2.05, 4.69) is 66.9 Å². The summed E-state index contributed by atoms with van der Waals surface area (Å²) in [4.78, 5) is 0. The first-order valence-electron chi connectivity index (χ1n) is 9.08. The average Bonchev–Trinajstić information content (AvgIpc) is 2.66. The third kappa shape index (κ3) is 40.1. The van der Waals surface area contributed by atoms with Gasteiger partial charge in [0.2, 0.25) is 0 Å². The van der Waals surface area contributed by atoms with Gasteiger partial charge in [0, 0.05) is 0 Å². The molecule has 140 valence electrons. The second kappa shape index (κ2) is 31.0. The molecule has 0 aliphatic rings. The van der Waals surface area contributed by atoms with E-state index >= 15 is 0 Å². The third-order valence-electron chi connectivity index (χ3n) is 3.05. The summed E-state index contributed by atoms with van der Waals surface area (Å²) >= 11 is 4.90. The molecule has 0 aliphatic heterocycles. The quantitative estimate of drug-likeness (QED) is 0.347. The summed E-state index contributed by atoms with van der Waals surface area (Å²) in [5.41, 5.74) is 0. The molecule has 0 saturated heterocycles. The third-order valence-corrected chi connectivity index (χ3v) is 12.1. The van der Waals surface area contributed by atoms with Gasteiger partial charge in [-0.25, -0.2) is 0 Å². The predicted octanol–water partition coefficient (Wildman–Crippen LogP) is 3.16. The molecule has 0 aromatic heterocycles. The Morgan fingerprint density at radius 3 is 0.417 bits per heavy atom. The van der Waals surface area contributed by atoms with E-state index < -0.39 is 0 Å². The van der Waals surface area contributed by atoms with E-state index in [0.29, 0.717) is 0 Å². The Morgan fingerprint density at radius 2 is 0.417 bits per heavy atom. The average molecular weight is 1000 g/mol. The number of hydrogen-bond acceptors (Lipinski definition) is 4. The van der Waals surface area contributed by atoms with Crippen LogP contribution in [0.3, 0.4) is 0 Å². The van der Waals surface area contributed by atoms with Crippen molar-refractivity contribution in [1.29, 1.82) is 0 Å². The van der Waals surface area contributed by atoms with E-state index in [1.807, 2.05) is 0 Å². The van der Waals surface area contributed by atoms with Crippen molar-refractivity contribution < 1.29 is 98.6 Å². The Bertz CT molecular complexity index is 147. The van der Waals surface area contributed by atoms with Crippen LogP contribution in [0.1, 0.15) is 55.4 Å². The summed E-state index contributed by atoms with van der Waals surface area (Å²) in [6.45, 7) is 27.3. The monoisotopic (exact) mass is 1010 g/mol. The summed E-state index contributed by atoms with van der Waals surface area (Å²) in [5.74, 6) is 0. The minimum absolute atomic E-state index is 1.22. The van der Waals surface area contributed by atoms with Gasteiger partial charge < -0.3 is 0 Å². The van der Waals surface area contributed by atoms with Gasteiger partial charge in [-0.05, 0) is 0 Å². The van der Waals surface area contributed by atoms with Crippen LogP contribution in [0.25, 0.3) is 0 Å². The van der Waals surface area contributed by atoms with Crippen molar-refractivity contribution in [3.05, 3.63) is 0 Å². The molecule has 0 aromatic carbocycles. The van der Waals surface area contributed by atoms with Gasteiger partial charge in [-0.3, -0.25) is 0 Å². The summed E-state index contributed by atoms with van der Waals surface area (Å²) < 4.78 is 9.56. The standard InChI is InChI=1S/4C4H10N.4Hf/c4*1-3-5-4-2;;;;/h4*3-4H2,1-2H3;;;;/q4*-1;4*+1. The fraction of sp³-hybridized carbons (Fsp3) is 1.00. The van der Waals surface area contributed by atoms with Crippen LogP contribution < -0.4 is 0 Å². The van der Waals surface area contributed by atoms with E-state index in [0.717, 1.165) is 0 Å². The van der Waals surface area contributed by atoms with Gasteiger partial charge in [-0.1, -0.05) is 0 Å². The van der Waals surface area contributed by atoms with Crippen molar-refractivity contribution >= 4 is 0 Å². The molecule has 0 bridgehead atoms. The fourth-order valence-electron chi connectivity index (χ4n) is 0.894. The van der Waals surface area contributed by atoms with Crippen molar-refractivity contribution in [3.8, 4) is 0 Å². The molecule has 0 unspecified atom stereocenters. The summed E-state index contributed by atoms with van der Waals surface area (Å²) in [6, 6.07) is 0. The summed E-state index contributed by atoms with van der Waals surface area (Å²) in [7, 11) is 0. The van der Waals surface area contributed by atoms with Crippen LogP contribution in [0.4, 0.5) is 0 Å². The van der Waals surface area contributed by atoms with E-state index in [-0.39, 0.29) is 0 Å². The van der Waals surface area contributed by atoms with Crippen LogP contribution in [-0.4, -0.2) is 63.9 Å². The van der Waals surface area contributed by atoms with Gasteiger partial charge in [0.15, 0.2) is 0 Å². The van der Waals surface area contributed by atoms with E-state index in [1.165, 1.54) is 151 Å². The fourth-order valence-corrected chi connectivity index (χ4v) is 0.894. The molecule has 0 N–H and O–H groups in total. The Hall–Kier alpha value is 3.32. The van der Waals surface area contributed by atoms with Crippen LogP contribution in [0.15, 0.2) is 0 Å². The van der Waals surface area contributed by atoms with Crippen LogP contribution in [-0.2, 0) is 98.6 Å². The number of hydrogen-bond donors (Lipinski definition) is 0. The first-order chi connectivity index (χ1) is 11.2. The SMILES string of the molecule is CC[N]([Hf])CC.CC[N]([Hf])CC.CC[N]([Hf])CC.CC[N]([Hf])CC. The van der Waals surface area contributed by atoms with Crippen LogP contribution in [0.5, 0.6) is 0 Å². The Balaban J connectivity index is -0.000000111. The molecule has 24 heavy (non-hydrogen) atoms. The van der Waals surface area contributed by atoms with Gasteiger partial charge in [-0.2, -0.15) is 0 Å². The van der Waals surface area contributed by atoms with Crippen molar-refractivity contribution in [2.24, 2.45) is 0 Å². The first kappa shape index (κ1) is 34.8. The van der Waals surface area contributed by atoms with Crippen molar-refractivity contribution in [2.75, 3.05) is 52.4 Å². The zero-order chi connectivity index (χ0) is 20.0. The molecule has 4 nitrogen and oxygen atoms in total. The molecular formula is C16H40Hf4N4. The van der Waals surface area contributed by atoms with Gasteiger partial charge in [0.1, 0.15) is 0 Å². The minimum atomic E-state index is 1.22. The normalized spacial score (nSPS) is 9.67. The molecule has 0 amide bonds. The molecule has 8 heteroatoms. The number of rotatable bonds is 8. The molecule has 0 spiro atoms. The second-order valence-corrected chi connectivity index (χ2v) is 13.8. The Morgan fingerprint density at radius 1 is 0.333 bits per heavy atom. The molecular weight excluding hydrogens is 962 g/mol. The van der Waals surface area contributed by atoms with Crippen molar-refractivity contribution in [3.63, 3.8) is 0 Å². The van der Waals surface area contributed by atoms with Gasteiger partial charge in [-0.15, -0.1) is 0 Å². The molecule has 0 aromatic rings. The van der Waals surface area contributed by atoms with E-state index in [1.54, 1.807) is 0 Å². The summed E-state index contributed by atoms with van der Waals surface area (Å²) in [5, 5.41) is 0. The van der Waals surface area contributed by atoms with E-state index in [4.69, 9.17) is 0 Å².